The predicted octanol–water partition coefficient (Wildman–Crippen LogP) is 0.305. The van der Waals surface area contributed by atoms with E-state index in [1.165, 1.54) is 0 Å². The Morgan fingerprint density at radius 1 is 1.13 bits per heavy atom. The molecule has 0 aliphatic heterocycles. The zero-order chi connectivity index (χ0) is 11.7. The maximum Gasteiger partial charge on any atom is 0.502 e. The molecular formula is C8H22O5Si2. The lowest BCUT2D eigenvalue weighted by Gasteiger charge is -2.27. The molecule has 0 N–H and O–H groups in total. The summed E-state index contributed by atoms with van der Waals surface area (Å²) in [4.78, 5) is 0. The lowest BCUT2D eigenvalue weighted by Crippen LogP contribution is -2.45. The fourth-order valence-corrected chi connectivity index (χ4v) is 3.83. The standard InChI is InChI=1S/C8H22O5Si2/c1-6-12-14-13-8(2)7-15(9-3,10-4)11-5/h8H,6-7,14H2,1-5H3. The van der Waals surface area contributed by atoms with Gasteiger partial charge in [-0.15, -0.1) is 0 Å². The van der Waals surface area contributed by atoms with Gasteiger partial charge in [0.2, 0.25) is 0 Å². The summed E-state index contributed by atoms with van der Waals surface area (Å²) in [5.41, 5.74) is 0. The van der Waals surface area contributed by atoms with Crippen molar-refractivity contribution in [2.24, 2.45) is 0 Å². The Morgan fingerprint density at radius 2 is 1.67 bits per heavy atom. The summed E-state index contributed by atoms with van der Waals surface area (Å²) in [5.74, 6) is 0. The molecule has 15 heavy (non-hydrogen) atoms. The van der Waals surface area contributed by atoms with Gasteiger partial charge in [-0.1, -0.05) is 0 Å². The van der Waals surface area contributed by atoms with Gasteiger partial charge in [0.25, 0.3) is 0 Å². The number of rotatable bonds is 9. The molecule has 7 heteroatoms. The number of hydrogen-bond acceptors (Lipinski definition) is 5. The Labute approximate surface area is 95.4 Å². The third-order valence-corrected chi connectivity index (χ3v) is 6.33. The van der Waals surface area contributed by atoms with Crippen molar-refractivity contribution in [3.63, 3.8) is 0 Å². The van der Waals surface area contributed by atoms with Crippen molar-refractivity contribution in [2.75, 3.05) is 27.9 Å². The van der Waals surface area contributed by atoms with Gasteiger partial charge in [-0.2, -0.15) is 0 Å². The van der Waals surface area contributed by atoms with E-state index in [1.54, 1.807) is 21.3 Å². The van der Waals surface area contributed by atoms with E-state index >= 15 is 0 Å². The van der Waals surface area contributed by atoms with Gasteiger partial charge in [-0.25, -0.2) is 0 Å². The van der Waals surface area contributed by atoms with E-state index in [0.717, 1.165) is 0 Å². The molecule has 1 atom stereocenters. The normalized spacial score (nSPS) is 15.0. The molecule has 0 saturated carbocycles. The monoisotopic (exact) mass is 254 g/mol. The highest BCUT2D eigenvalue weighted by atomic mass is 28.4. The first kappa shape index (κ1) is 15.2. The second-order valence-electron chi connectivity index (χ2n) is 3.09. The van der Waals surface area contributed by atoms with Crippen LogP contribution >= 0.6 is 0 Å². The molecule has 92 valence electrons. The summed E-state index contributed by atoms with van der Waals surface area (Å²) >= 11 is 0. The minimum absolute atomic E-state index is 0.0507. The Kier molecular flexibility index (Phi) is 8.52. The van der Waals surface area contributed by atoms with Crippen LogP contribution in [-0.2, 0) is 22.1 Å². The molecule has 0 rings (SSSR count). The van der Waals surface area contributed by atoms with Crippen molar-refractivity contribution >= 4 is 18.8 Å². The average Bonchev–Trinajstić information content (AvgIpc) is 2.26. The summed E-state index contributed by atoms with van der Waals surface area (Å²) in [6.45, 7) is 4.64. The quantitative estimate of drug-likeness (QED) is 0.438. The topological polar surface area (TPSA) is 46.2 Å². The van der Waals surface area contributed by atoms with Gasteiger partial charge >= 0.3 is 18.8 Å². The second kappa shape index (κ2) is 8.39. The van der Waals surface area contributed by atoms with Crippen molar-refractivity contribution in [1.82, 2.24) is 0 Å². The Morgan fingerprint density at radius 3 is 2.07 bits per heavy atom. The van der Waals surface area contributed by atoms with Gasteiger partial charge in [-0.05, 0) is 13.8 Å². The van der Waals surface area contributed by atoms with Gasteiger partial charge < -0.3 is 22.1 Å². The molecular weight excluding hydrogens is 232 g/mol. The molecule has 0 aliphatic rings. The van der Waals surface area contributed by atoms with E-state index in [-0.39, 0.29) is 6.10 Å². The molecule has 0 saturated heterocycles. The molecule has 0 heterocycles. The lowest BCUT2D eigenvalue weighted by atomic mass is 10.5. The fraction of sp³-hybridized carbons (Fsp3) is 1.00. The molecule has 0 aromatic rings. The zero-order valence-electron chi connectivity index (χ0n) is 10.2. The Balaban J connectivity index is 3.94. The van der Waals surface area contributed by atoms with Crippen LogP contribution in [0.3, 0.4) is 0 Å². The van der Waals surface area contributed by atoms with Crippen molar-refractivity contribution in [2.45, 2.75) is 26.0 Å². The zero-order valence-corrected chi connectivity index (χ0v) is 12.7. The van der Waals surface area contributed by atoms with Crippen molar-refractivity contribution < 1.29 is 22.1 Å². The van der Waals surface area contributed by atoms with Gasteiger partial charge in [0.1, 0.15) is 0 Å². The second-order valence-corrected chi connectivity index (χ2v) is 7.06. The smallest absolute Gasteiger partial charge is 0.399 e. The van der Waals surface area contributed by atoms with Crippen LogP contribution in [0, 0.1) is 0 Å². The highest BCUT2D eigenvalue weighted by Crippen LogP contribution is 2.16. The highest BCUT2D eigenvalue weighted by molar-refractivity contribution is 6.60. The molecule has 0 fully saturated rings. The SMILES string of the molecule is CCO[SiH2]OC(C)C[Si](OC)(OC)OC. The first-order chi connectivity index (χ1) is 7.14. The van der Waals surface area contributed by atoms with Crippen LogP contribution < -0.4 is 0 Å². The summed E-state index contributed by atoms with van der Waals surface area (Å²) in [7, 11) is 1.44. The molecule has 0 amide bonds. The van der Waals surface area contributed by atoms with Crippen molar-refractivity contribution in [3.8, 4) is 0 Å². The van der Waals surface area contributed by atoms with Crippen molar-refractivity contribution in [1.29, 1.82) is 0 Å². The molecule has 0 bridgehead atoms. The first-order valence-electron chi connectivity index (χ1n) is 4.99. The van der Waals surface area contributed by atoms with E-state index in [2.05, 4.69) is 0 Å². The highest BCUT2D eigenvalue weighted by Gasteiger charge is 2.39. The van der Waals surface area contributed by atoms with E-state index < -0.39 is 18.8 Å². The van der Waals surface area contributed by atoms with E-state index in [9.17, 15) is 0 Å². The largest absolute Gasteiger partial charge is 0.502 e. The third-order valence-electron chi connectivity index (χ3n) is 2.11. The fourth-order valence-electron chi connectivity index (χ4n) is 1.16. The van der Waals surface area contributed by atoms with Gasteiger partial charge in [0.15, 0.2) is 0 Å². The van der Waals surface area contributed by atoms with Gasteiger partial charge in [0.05, 0.1) is 0 Å². The lowest BCUT2D eigenvalue weighted by molar-refractivity contribution is 0.102. The Bertz CT molecular complexity index is 146. The summed E-state index contributed by atoms with van der Waals surface area (Å²) in [6.07, 6.45) is 0.0507. The van der Waals surface area contributed by atoms with Crippen LogP contribution in [0.5, 0.6) is 0 Å². The summed E-state index contributed by atoms with van der Waals surface area (Å²) in [5, 5.41) is 0. The van der Waals surface area contributed by atoms with E-state index in [1.807, 2.05) is 13.8 Å². The summed E-state index contributed by atoms with van der Waals surface area (Å²) in [6, 6.07) is 0.649. The van der Waals surface area contributed by atoms with Crippen LogP contribution in [0.4, 0.5) is 0 Å². The molecule has 0 aliphatic carbocycles. The first-order valence-corrected chi connectivity index (χ1v) is 8.07. The van der Waals surface area contributed by atoms with E-state index in [0.29, 0.717) is 12.7 Å². The third kappa shape index (κ3) is 5.76. The van der Waals surface area contributed by atoms with Crippen LogP contribution in [0.25, 0.3) is 0 Å². The van der Waals surface area contributed by atoms with Gasteiger partial charge in [0, 0.05) is 40.1 Å². The van der Waals surface area contributed by atoms with E-state index in [4.69, 9.17) is 22.1 Å². The molecule has 0 radical (unpaired) electrons. The van der Waals surface area contributed by atoms with Crippen LogP contribution in [-0.4, -0.2) is 52.9 Å². The number of hydrogen-bond donors (Lipinski definition) is 0. The van der Waals surface area contributed by atoms with Crippen LogP contribution in [0.15, 0.2) is 0 Å². The maximum atomic E-state index is 5.55. The minimum atomic E-state index is -2.50. The van der Waals surface area contributed by atoms with Crippen LogP contribution in [0.2, 0.25) is 6.04 Å². The molecule has 0 aromatic carbocycles. The molecule has 5 nitrogen and oxygen atoms in total. The maximum absolute atomic E-state index is 5.55. The van der Waals surface area contributed by atoms with Crippen LogP contribution in [0.1, 0.15) is 13.8 Å². The minimum Gasteiger partial charge on any atom is -0.399 e. The van der Waals surface area contributed by atoms with Crippen molar-refractivity contribution in [3.05, 3.63) is 0 Å². The molecule has 1 unspecified atom stereocenters. The van der Waals surface area contributed by atoms with Gasteiger partial charge in [-0.3, -0.25) is 0 Å². The molecule has 0 aromatic heterocycles. The summed E-state index contributed by atoms with van der Waals surface area (Å²) < 4.78 is 26.7. The Hall–Kier alpha value is 0.234. The molecule has 0 spiro atoms. The predicted molar refractivity (Wildman–Crippen MR) is 62.3 cm³/mol. The average molecular weight is 254 g/mol.